The molecule has 0 radical (unpaired) electrons. The van der Waals surface area contributed by atoms with Gasteiger partial charge in [-0.3, -0.25) is 4.79 Å². The number of anilines is 2. The number of rotatable bonds is 4. The van der Waals surface area contributed by atoms with E-state index in [4.69, 9.17) is 0 Å². The van der Waals surface area contributed by atoms with Crippen LogP contribution in [0.2, 0.25) is 0 Å². The summed E-state index contributed by atoms with van der Waals surface area (Å²) in [6, 6.07) is 1.92. The highest BCUT2D eigenvalue weighted by atomic mass is 16.2. The van der Waals surface area contributed by atoms with Crippen LogP contribution in [0, 0.1) is 0 Å². The molecule has 0 atom stereocenters. The quantitative estimate of drug-likeness (QED) is 0.810. The molecule has 2 heterocycles. The second kappa shape index (κ2) is 6.17. The molecule has 0 aromatic carbocycles. The predicted molar refractivity (Wildman–Crippen MR) is 75.2 cm³/mol. The number of piperazine rings is 1. The van der Waals surface area contributed by atoms with Crippen molar-refractivity contribution in [1.82, 2.24) is 14.9 Å². The van der Waals surface area contributed by atoms with E-state index in [0.717, 1.165) is 37.8 Å². The van der Waals surface area contributed by atoms with Crippen LogP contribution in [0.15, 0.2) is 25.0 Å². The molecule has 0 spiro atoms. The van der Waals surface area contributed by atoms with E-state index in [0.29, 0.717) is 6.54 Å². The topological polar surface area (TPSA) is 61.4 Å². The lowest BCUT2D eigenvalue weighted by Crippen LogP contribution is -2.48. The van der Waals surface area contributed by atoms with E-state index in [1.807, 2.05) is 11.0 Å². The third-order valence-electron chi connectivity index (χ3n) is 3.13. The molecule has 1 aliphatic heterocycles. The molecule has 102 valence electrons. The van der Waals surface area contributed by atoms with Crippen molar-refractivity contribution in [1.29, 1.82) is 0 Å². The zero-order valence-electron chi connectivity index (χ0n) is 11.2. The van der Waals surface area contributed by atoms with E-state index in [1.54, 1.807) is 19.3 Å². The minimum atomic E-state index is 0.135. The van der Waals surface area contributed by atoms with Crippen molar-refractivity contribution in [3.8, 4) is 0 Å². The predicted octanol–water partition coefficient (Wildman–Crippen LogP) is 0.743. The summed E-state index contributed by atoms with van der Waals surface area (Å²) >= 11 is 0. The molecular formula is C13H19N5O. The minimum absolute atomic E-state index is 0.135. The average molecular weight is 261 g/mol. The van der Waals surface area contributed by atoms with Gasteiger partial charge in [0.15, 0.2) is 0 Å². The van der Waals surface area contributed by atoms with Gasteiger partial charge in [-0.2, -0.15) is 0 Å². The molecule has 1 aliphatic rings. The van der Waals surface area contributed by atoms with Crippen molar-refractivity contribution < 1.29 is 4.79 Å². The number of carbonyl (C=O) groups is 1. The highest BCUT2D eigenvalue weighted by molar-refractivity contribution is 5.73. The lowest BCUT2D eigenvalue weighted by atomic mass is 10.3. The van der Waals surface area contributed by atoms with Gasteiger partial charge in [0.25, 0.3) is 0 Å². The second-order valence-electron chi connectivity index (χ2n) is 4.42. The maximum absolute atomic E-state index is 11.3. The summed E-state index contributed by atoms with van der Waals surface area (Å²) in [5.41, 5.74) is 0. The first-order valence-corrected chi connectivity index (χ1v) is 6.38. The number of hydrogen-bond donors (Lipinski definition) is 1. The van der Waals surface area contributed by atoms with Gasteiger partial charge in [-0.15, -0.1) is 6.58 Å². The van der Waals surface area contributed by atoms with E-state index < -0.39 is 0 Å². The number of aromatic nitrogens is 2. The van der Waals surface area contributed by atoms with Crippen molar-refractivity contribution >= 4 is 17.5 Å². The maximum atomic E-state index is 11.3. The van der Waals surface area contributed by atoms with Crippen LogP contribution in [0.25, 0.3) is 0 Å². The first kappa shape index (κ1) is 13.3. The zero-order chi connectivity index (χ0) is 13.7. The molecule has 6 heteroatoms. The van der Waals surface area contributed by atoms with E-state index in [1.165, 1.54) is 0 Å². The Kier molecular flexibility index (Phi) is 4.33. The molecule has 1 aromatic rings. The monoisotopic (exact) mass is 261 g/mol. The van der Waals surface area contributed by atoms with Crippen molar-refractivity contribution in [3.05, 3.63) is 25.0 Å². The molecule has 0 unspecified atom stereocenters. The lowest BCUT2D eigenvalue weighted by Gasteiger charge is -2.34. The van der Waals surface area contributed by atoms with Gasteiger partial charge in [0.05, 0.1) is 0 Å². The number of amides is 1. The smallest absolute Gasteiger partial charge is 0.219 e. The molecule has 1 N–H and O–H groups in total. The Labute approximate surface area is 113 Å². The second-order valence-corrected chi connectivity index (χ2v) is 4.42. The van der Waals surface area contributed by atoms with Crippen LogP contribution in [-0.4, -0.2) is 53.5 Å². The van der Waals surface area contributed by atoms with Crippen LogP contribution in [0.4, 0.5) is 11.6 Å². The van der Waals surface area contributed by atoms with Crippen molar-refractivity contribution in [3.63, 3.8) is 0 Å². The summed E-state index contributed by atoms with van der Waals surface area (Å²) in [6.45, 7) is 9.04. The van der Waals surface area contributed by atoms with Crippen LogP contribution < -0.4 is 10.2 Å². The fourth-order valence-corrected chi connectivity index (χ4v) is 2.04. The van der Waals surface area contributed by atoms with Crippen LogP contribution in [0.5, 0.6) is 0 Å². The third-order valence-corrected chi connectivity index (χ3v) is 3.13. The molecule has 1 fully saturated rings. The van der Waals surface area contributed by atoms with Gasteiger partial charge in [0, 0.05) is 45.7 Å². The molecule has 1 amide bonds. The number of nitrogens with one attached hydrogen (secondary N) is 1. The Balaban J connectivity index is 1.99. The summed E-state index contributed by atoms with van der Waals surface area (Å²) in [5.74, 6) is 1.82. The van der Waals surface area contributed by atoms with E-state index in [-0.39, 0.29) is 5.91 Å². The van der Waals surface area contributed by atoms with E-state index >= 15 is 0 Å². The Hall–Kier alpha value is -2.11. The van der Waals surface area contributed by atoms with Crippen LogP contribution in [0.1, 0.15) is 6.92 Å². The Morgan fingerprint density at radius 2 is 2.16 bits per heavy atom. The van der Waals surface area contributed by atoms with E-state index in [9.17, 15) is 4.79 Å². The minimum Gasteiger partial charge on any atom is -0.366 e. The average Bonchev–Trinajstić information content (AvgIpc) is 2.45. The molecule has 2 rings (SSSR count). The summed E-state index contributed by atoms with van der Waals surface area (Å²) in [4.78, 5) is 23.7. The van der Waals surface area contributed by atoms with E-state index in [2.05, 4.69) is 26.8 Å². The molecular weight excluding hydrogens is 242 g/mol. The lowest BCUT2D eigenvalue weighted by molar-refractivity contribution is -0.129. The molecule has 1 saturated heterocycles. The van der Waals surface area contributed by atoms with Crippen molar-refractivity contribution in [2.24, 2.45) is 0 Å². The molecule has 1 aromatic heterocycles. The van der Waals surface area contributed by atoms with Crippen molar-refractivity contribution in [2.45, 2.75) is 6.92 Å². The normalized spacial score (nSPS) is 15.2. The van der Waals surface area contributed by atoms with Gasteiger partial charge in [-0.05, 0) is 0 Å². The number of hydrogen-bond acceptors (Lipinski definition) is 5. The largest absolute Gasteiger partial charge is 0.366 e. The molecule has 6 nitrogen and oxygen atoms in total. The highest BCUT2D eigenvalue weighted by Gasteiger charge is 2.19. The standard InChI is InChI=1S/C13H19N5O/c1-3-4-14-12-9-13(16-10-15-12)18-7-5-17(6-8-18)11(2)19/h3,9-10H,1,4-8H2,2H3,(H,14,15,16). The molecule has 19 heavy (non-hydrogen) atoms. The molecule has 0 saturated carbocycles. The van der Waals surface area contributed by atoms with Crippen LogP contribution in [-0.2, 0) is 4.79 Å². The summed E-state index contributed by atoms with van der Waals surface area (Å²) in [5, 5.41) is 3.14. The van der Waals surface area contributed by atoms with Gasteiger partial charge >= 0.3 is 0 Å². The van der Waals surface area contributed by atoms with Crippen molar-refractivity contribution in [2.75, 3.05) is 42.9 Å². The fourth-order valence-electron chi connectivity index (χ4n) is 2.04. The number of nitrogens with zero attached hydrogens (tertiary/aromatic N) is 4. The SMILES string of the molecule is C=CCNc1cc(N2CCN(C(C)=O)CC2)ncn1. The highest BCUT2D eigenvalue weighted by Crippen LogP contribution is 2.16. The van der Waals surface area contributed by atoms with Gasteiger partial charge < -0.3 is 15.1 Å². The summed E-state index contributed by atoms with van der Waals surface area (Å²) in [6.07, 6.45) is 3.34. The zero-order valence-corrected chi connectivity index (χ0v) is 11.2. The van der Waals surface area contributed by atoms with Gasteiger partial charge in [-0.1, -0.05) is 6.08 Å². The first-order valence-electron chi connectivity index (χ1n) is 6.38. The summed E-state index contributed by atoms with van der Waals surface area (Å²) in [7, 11) is 0. The fraction of sp³-hybridized carbons (Fsp3) is 0.462. The van der Waals surface area contributed by atoms with Crippen LogP contribution in [0.3, 0.4) is 0 Å². The molecule has 0 aliphatic carbocycles. The van der Waals surface area contributed by atoms with Gasteiger partial charge in [0.1, 0.15) is 18.0 Å². The van der Waals surface area contributed by atoms with Crippen LogP contribution >= 0.6 is 0 Å². The Morgan fingerprint density at radius 3 is 2.79 bits per heavy atom. The maximum Gasteiger partial charge on any atom is 0.219 e. The third kappa shape index (κ3) is 3.43. The summed E-state index contributed by atoms with van der Waals surface area (Å²) < 4.78 is 0. The Morgan fingerprint density at radius 1 is 1.42 bits per heavy atom. The Bertz CT molecular complexity index is 454. The van der Waals surface area contributed by atoms with Gasteiger partial charge in [-0.25, -0.2) is 9.97 Å². The van der Waals surface area contributed by atoms with Gasteiger partial charge in [0.2, 0.25) is 5.91 Å². The number of carbonyl (C=O) groups excluding carboxylic acids is 1. The first-order chi connectivity index (χ1) is 9.20. The molecule has 0 bridgehead atoms.